The SMILES string of the molecule is Cc1cn2nc([C@@H]3CCCCN3C(=O)c3nc4ccncc4cc3F)cc2nc1N1CC[C@H](N)C1. The quantitative estimate of drug-likeness (QED) is 0.487. The van der Waals surface area contributed by atoms with Crippen LogP contribution in [0.25, 0.3) is 16.6 Å². The number of piperidine rings is 1. The largest absolute Gasteiger partial charge is 0.355 e. The summed E-state index contributed by atoms with van der Waals surface area (Å²) >= 11 is 0. The molecule has 6 rings (SSSR count). The van der Waals surface area contributed by atoms with Crippen LogP contribution in [0.2, 0.25) is 0 Å². The highest BCUT2D eigenvalue weighted by Gasteiger charge is 2.33. The van der Waals surface area contributed by atoms with Crippen LogP contribution in [-0.4, -0.2) is 61.0 Å². The predicted octanol–water partition coefficient (Wildman–Crippen LogP) is 3.02. The highest BCUT2D eigenvalue weighted by Crippen LogP contribution is 2.33. The molecule has 0 spiro atoms. The van der Waals surface area contributed by atoms with Gasteiger partial charge in [0.25, 0.3) is 5.91 Å². The monoisotopic (exact) mass is 474 g/mol. The summed E-state index contributed by atoms with van der Waals surface area (Å²) in [7, 11) is 0. The van der Waals surface area contributed by atoms with Crippen LogP contribution >= 0.6 is 0 Å². The molecule has 2 atom stereocenters. The van der Waals surface area contributed by atoms with Gasteiger partial charge < -0.3 is 15.5 Å². The third-order valence-electron chi connectivity index (χ3n) is 7.02. The minimum atomic E-state index is -0.638. The van der Waals surface area contributed by atoms with E-state index in [1.807, 2.05) is 19.2 Å². The van der Waals surface area contributed by atoms with Crippen LogP contribution in [0.3, 0.4) is 0 Å². The number of nitrogens with two attached hydrogens (primary N) is 1. The van der Waals surface area contributed by atoms with E-state index in [4.69, 9.17) is 15.8 Å². The summed E-state index contributed by atoms with van der Waals surface area (Å²) < 4.78 is 16.7. The lowest BCUT2D eigenvalue weighted by Crippen LogP contribution is -2.39. The van der Waals surface area contributed by atoms with Gasteiger partial charge in [0.05, 0.1) is 17.3 Å². The molecule has 4 aromatic heterocycles. The molecule has 6 heterocycles. The maximum Gasteiger partial charge on any atom is 0.276 e. The van der Waals surface area contributed by atoms with E-state index in [1.165, 1.54) is 6.07 Å². The van der Waals surface area contributed by atoms with Crippen molar-refractivity contribution in [2.45, 2.75) is 44.7 Å². The van der Waals surface area contributed by atoms with Gasteiger partial charge in [0.15, 0.2) is 17.2 Å². The van der Waals surface area contributed by atoms with Gasteiger partial charge >= 0.3 is 0 Å². The zero-order valence-electron chi connectivity index (χ0n) is 19.6. The van der Waals surface area contributed by atoms with E-state index in [2.05, 4.69) is 14.9 Å². The van der Waals surface area contributed by atoms with Crippen LogP contribution in [-0.2, 0) is 0 Å². The Hall–Kier alpha value is -3.66. The molecule has 0 unspecified atom stereocenters. The van der Waals surface area contributed by atoms with Crippen molar-refractivity contribution in [3.8, 4) is 0 Å². The smallest absolute Gasteiger partial charge is 0.276 e. The maximum absolute atomic E-state index is 14.9. The van der Waals surface area contributed by atoms with Crippen LogP contribution < -0.4 is 10.6 Å². The van der Waals surface area contributed by atoms with E-state index in [1.54, 1.807) is 27.9 Å². The van der Waals surface area contributed by atoms with Crippen molar-refractivity contribution in [3.05, 3.63) is 59.6 Å². The molecule has 2 aliphatic rings. The normalized spacial score (nSPS) is 20.8. The van der Waals surface area contributed by atoms with Crippen LogP contribution in [0.5, 0.6) is 0 Å². The number of amides is 1. The van der Waals surface area contributed by atoms with E-state index in [0.717, 1.165) is 61.5 Å². The fourth-order valence-corrected chi connectivity index (χ4v) is 5.24. The highest BCUT2D eigenvalue weighted by molar-refractivity contribution is 5.95. The maximum atomic E-state index is 14.9. The van der Waals surface area contributed by atoms with E-state index < -0.39 is 11.7 Å². The first kappa shape index (κ1) is 21.8. The van der Waals surface area contributed by atoms with Gasteiger partial charge in [-0.3, -0.25) is 9.78 Å². The fourth-order valence-electron chi connectivity index (χ4n) is 5.24. The van der Waals surface area contributed by atoms with Gasteiger partial charge in [-0.1, -0.05) is 0 Å². The number of carbonyl (C=O) groups excluding carboxylic acids is 1. The van der Waals surface area contributed by atoms with Crippen molar-refractivity contribution in [2.75, 3.05) is 24.5 Å². The zero-order chi connectivity index (χ0) is 24.1. The Morgan fingerprint density at radius 1 is 1.17 bits per heavy atom. The molecule has 0 saturated carbocycles. The molecule has 2 N–H and O–H groups in total. The zero-order valence-corrected chi connectivity index (χ0v) is 19.6. The molecule has 0 bridgehead atoms. The Kier molecular flexibility index (Phi) is 5.32. The van der Waals surface area contributed by atoms with Gasteiger partial charge in [-0.05, 0) is 44.7 Å². The van der Waals surface area contributed by atoms with E-state index in [-0.39, 0.29) is 17.8 Å². The number of aryl methyl sites for hydroxylation is 1. The Morgan fingerprint density at radius 3 is 2.89 bits per heavy atom. The first-order valence-corrected chi connectivity index (χ1v) is 12.1. The van der Waals surface area contributed by atoms with Gasteiger partial charge in [0.1, 0.15) is 5.82 Å². The number of rotatable bonds is 3. The third-order valence-corrected chi connectivity index (χ3v) is 7.02. The van der Waals surface area contributed by atoms with E-state index in [9.17, 15) is 9.18 Å². The lowest BCUT2D eigenvalue weighted by molar-refractivity contribution is 0.0594. The van der Waals surface area contributed by atoms with Crippen molar-refractivity contribution in [2.24, 2.45) is 5.73 Å². The summed E-state index contributed by atoms with van der Waals surface area (Å²) in [6, 6.07) is 4.84. The van der Waals surface area contributed by atoms with Crippen molar-refractivity contribution < 1.29 is 9.18 Å². The predicted molar refractivity (Wildman–Crippen MR) is 130 cm³/mol. The molecule has 4 aromatic rings. The minimum absolute atomic E-state index is 0.162. The lowest BCUT2D eigenvalue weighted by atomic mass is 9.98. The second kappa shape index (κ2) is 8.53. The van der Waals surface area contributed by atoms with Crippen molar-refractivity contribution in [3.63, 3.8) is 0 Å². The number of fused-ring (bicyclic) bond motifs is 2. The van der Waals surface area contributed by atoms with Crippen LogP contribution in [0.1, 0.15) is 53.5 Å². The second-order valence-corrected chi connectivity index (χ2v) is 9.51. The summed E-state index contributed by atoms with van der Waals surface area (Å²) in [5.41, 5.74) is 8.98. The number of likely N-dealkylation sites (tertiary alicyclic amines) is 1. The van der Waals surface area contributed by atoms with Gasteiger partial charge in [-0.25, -0.2) is 18.9 Å². The van der Waals surface area contributed by atoms with Crippen LogP contribution in [0.15, 0.2) is 36.8 Å². The Morgan fingerprint density at radius 2 is 2.06 bits per heavy atom. The van der Waals surface area contributed by atoms with Crippen LogP contribution in [0, 0.1) is 12.7 Å². The van der Waals surface area contributed by atoms with Gasteiger partial charge in [0, 0.05) is 61.3 Å². The molecule has 0 radical (unpaired) electrons. The summed E-state index contributed by atoms with van der Waals surface area (Å²) in [5.74, 6) is -0.134. The summed E-state index contributed by atoms with van der Waals surface area (Å²) in [6.07, 6.45) is 8.61. The number of anilines is 1. The highest BCUT2D eigenvalue weighted by atomic mass is 19.1. The Labute approximate surface area is 201 Å². The van der Waals surface area contributed by atoms with Gasteiger partial charge in [-0.2, -0.15) is 5.10 Å². The number of hydrogen-bond donors (Lipinski definition) is 1. The standard InChI is InChI=1S/C25H27FN8O/c1-15-13-34-22(30-24(15)32-9-6-17(27)14-32)11-20(31-34)21-4-2-3-8-33(21)25(35)23-18(26)10-16-12-28-7-5-19(16)29-23/h5,7,10-13,17,21H,2-4,6,8-9,14,27H2,1H3/t17-,21-/m0/s1. The molecular weight excluding hydrogens is 447 g/mol. The Balaban J connectivity index is 1.34. The van der Waals surface area contributed by atoms with Crippen molar-refractivity contribution in [1.82, 2.24) is 29.5 Å². The number of pyridine rings is 2. The Bertz CT molecular complexity index is 1440. The van der Waals surface area contributed by atoms with Gasteiger partial charge in [0.2, 0.25) is 0 Å². The fraction of sp³-hybridized carbons (Fsp3) is 0.400. The number of aromatic nitrogens is 5. The van der Waals surface area contributed by atoms with Crippen molar-refractivity contribution >= 4 is 28.3 Å². The molecule has 0 aromatic carbocycles. The lowest BCUT2D eigenvalue weighted by Gasteiger charge is -2.34. The first-order chi connectivity index (χ1) is 17.0. The number of hydrogen-bond acceptors (Lipinski definition) is 7. The molecule has 2 saturated heterocycles. The summed E-state index contributed by atoms with van der Waals surface area (Å²) in [4.78, 5) is 30.6. The summed E-state index contributed by atoms with van der Waals surface area (Å²) in [6.45, 7) is 4.22. The first-order valence-electron chi connectivity index (χ1n) is 12.1. The van der Waals surface area contributed by atoms with Crippen LogP contribution in [0.4, 0.5) is 10.2 Å². The number of nitrogens with zero attached hydrogens (tertiary/aromatic N) is 7. The minimum Gasteiger partial charge on any atom is -0.355 e. The average Bonchev–Trinajstić information content (AvgIpc) is 3.48. The molecule has 180 valence electrons. The molecular formula is C25H27FN8O. The molecule has 35 heavy (non-hydrogen) atoms. The molecule has 2 aliphatic heterocycles. The number of halogens is 1. The topological polar surface area (TPSA) is 106 Å². The van der Waals surface area contributed by atoms with Crippen molar-refractivity contribution in [1.29, 1.82) is 0 Å². The van der Waals surface area contributed by atoms with E-state index in [0.29, 0.717) is 17.4 Å². The molecule has 2 fully saturated rings. The molecule has 1 amide bonds. The molecule has 10 heteroatoms. The molecule has 9 nitrogen and oxygen atoms in total. The van der Waals surface area contributed by atoms with E-state index >= 15 is 0 Å². The second-order valence-electron chi connectivity index (χ2n) is 9.51. The average molecular weight is 475 g/mol. The molecule has 0 aliphatic carbocycles. The number of carbonyl (C=O) groups is 1. The van der Waals surface area contributed by atoms with Gasteiger partial charge in [-0.15, -0.1) is 0 Å². The summed E-state index contributed by atoms with van der Waals surface area (Å²) in [5, 5.41) is 5.34. The third kappa shape index (κ3) is 3.87.